The maximum Gasteiger partial charge on any atom is 0.322 e. The molecular weight excluding hydrogens is 326 g/mol. The Morgan fingerprint density at radius 2 is 2.00 bits per heavy atom. The van der Waals surface area contributed by atoms with Gasteiger partial charge in [-0.2, -0.15) is 5.10 Å². The van der Waals surface area contributed by atoms with Crippen molar-refractivity contribution in [2.45, 2.75) is 13.5 Å². The van der Waals surface area contributed by atoms with Crippen molar-refractivity contribution in [3.63, 3.8) is 0 Å². The topological polar surface area (TPSA) is 121 Å². The van der Waals surface area contributed by atoms with Crippen LogP contribution in [-0.2, 0) is 13.6 Å². The van der Waals surface area contributed by atoms with Crippen LogP contribution in [0.25, 0.3) is 0 Å². The Kier molecular flexibility index (Phi) is 4.25. The van der Waals surface area contributed by atoms with Crippen molar-refractivity contribution in [1.29, 1.82) is 0 Å². The molecule has 128 valence electrons. The van der Waals surface area contributed by atoms with E-state index in [2.05, 4.69) is 20.5 Å². The van der Waals surface area contributed by atoms with Crippen molar-refractivity contribution in [3.8, 4) is 0 Å². The molecule has 0 unspecified atom stereocenters. The maximum atomic E-state index is 12.3. The number of carbonyl (C=O) groups is 1. The zero-order valence-corrected chi connectivity index (χ0v) is 13.6. The van der Waals surface area contributed by atoms with E-state index in [1.807, 2.05) is 30.3 Å². The number of hydrogen-bond donors (Lipinski definition) is 1. The van der Waals surface area contributed by atoms with Crippen LogP contribution < -0.4 is 5.32 Å². The van der Waals surface area contributed by atoms with Gasteiger partial charge < -0.3 is 0 Å². The van der Waals surface area contributed by atoms with Crippen LogP contribution in [-0.4, -0.2) is 35.4 Å². The highest BCUT2D eigenvalue weighted by molar-refractivity contribution is 6.04. The zero-order valence-electron chi connectivity index (χ0n) is 13.6. The fourth-order valence-corrected chi connectivity index (χ4v) is 2.33. The molecule has 3 rings (SSSR count). The Morgan fingerprint density at radius 3 is 2.68 bits per heavy atom. The van der Waals surface area contributed by atoms with Crippen LogP contribution in [0.4, 0.5) is 11.6 Å². The van der Waals surface area contributed by atoms with Crippen LogP contribution in [0.15, 0.2) is 36.7 Å². The monoisotopic (exact) mass is 341 g/mol. The van der Waals surface area contributed by atoms with Gasteiger partial charge in [0.05, 0.1) is 11.5 Å². The van der Waals surface area contributed by atoms with Gasteiger partial charge in [0.15, 0.2) is 0 Å². The third-order valence-electron chi connectivity index (χ3n) is 3.65. The number of carbonyl (C=O) groups excluding carboxylic acids is 1. The van der Waals surface area contributed by atoms with Gasteiger partial charge in [-0.1, -0.05) is 30.3 Å². The molecule has 25 heavy (non-hydrogen) atoms. The molecule has 0 atom stereocenters. The van der Waals surface area contributed by atoms with Crippen LogP contribution in [0.5, 0.6) is 0 Å². The highest BCUT2D eigenvalue weighted by Gasteiger charge is 2.29. The summed E-state index contributed by atoms with van der Waals surface area (Å²) in [5, 5.41) is 21.6. The highest BCUT2D eigenvalue weighted by atomic mass is 16.6. The van der Waals surface area contributed by atoms with Crippen LogP contribution in [0.3, 0.4) is 0 Å². The summed E-state index contributed by atoms with van der Waals surface area (Å²) in [5.74, 6) is -0.675. The Hall–Kier alpha value is -3.56. The predicted octanol–water partition coefficient (Wildman–Crippen LogP) is 1.53. The average molecular weight is 341 g/mol. The number of rotatable bonds is 5. The van der Waals surface area contributed by atoms with Crippen LogP contribution in [0, 0.1) is 17.0 Å². The van der Waals surface area contributed by atoms with Crippen molar-refractivity contribution < 1.29 is 9.72 Å². The van der Waals surface area contributed by atoms with Crippen molar-refractivity contribution in [1.82, 2.24) is 24.5 Å². The van der Waals surface area contributed by atoms with Crippen molar-refractivity contribution in [2.75, 3.05) is 5.32 Å². The fourth-order valence-electron chi connectivity index (χ4n) is 2.33. The summed E-state index contributed by atoms with van der Waals surface area (Å²) >= 11 is 0. The summed E-state index contributed by atoms with van der Waals surface area (Å²) in [4.78, 5) is 26.8. The first kappa shape index (κ1) is 16.3. The van der Waals surface area contributed by atoms with Crippen molar-refractivity contribution in [2.24, 2.45) is 7.05 Å². The van der Waals surface area contributed by atoms with Crippen LogP contribution >= 0.6 is 0 Å². The van der Waals surface area contributed by atoms with Gasteiger partial charge in [-0.3, -0.25) is 24.9 Å². The van der Waals surface area contributed by atoms with Gasteiger partial charge in [-0.15, -0.1) is 5.10 Å². The zero-order chi connectivity index (χ0) is 18.0. The molecular formula is C15H15N7O3. The molecule has 0 aliphatic carbocycles. The summed E-state index contributed by atoms with van der Waals surface area (Å²) in [6, 6.07) is 9.63. The van der Waals surface area contributed by atoms with E-state index in [1.54, 1.807) is 4.68 Å². The summed E-state index contributed by atoms with van der Waals surface area (Å²) in [5.41, 5.74) is 0.715. The lowest BCUT2D eigenvalue weighted by Crippen LogP contribution is -2.16. The number of nitro groups is 1. The molecule has 1 aromatic carbocycles. The van der Waals surface area contributed by atoms with Crippen LogP contribution in [0.1, 0.15) is 21.7 Å². The fraction of sp³-hybridized carbons (Fsp3) is 0.200. The molecule has 2 aromatic heterocycles. The standard InChI is InChI=1S/C15H15N7O3/c1-10-13(22(24)25)12(18-20(10)2)14(23)17-15-16-9-21(19-15)8-11-6-4-3-5-7-11/h3-7,9H,8H2,1-2H3,(H,17,19,23). The quantitative estimate of drug-likeness (QED) is 0.555. The number of nitrogens with one attached hydrogen (secondary N) is 1. The number of benzene rings is 1. The molecule has 0 saturated carbocycles. The van der Waals surface area contributed by atoms with Gasteiger partial charge >= 0.3 is 5.69 Å². The molecule has 3 aromatic rings. The number of hydrogen-bond acceptors (Lipinski definition) is 6. The van der Waals surface area contributed by atoms with Crippen LogP contribution in [0.2, 0.25) is 0 Å². The lowest BCUT2D eigenvalue weighted by atomic mass is 10.2. The molecule has 2 heterocycles. The predicted molar refractivity (Wildman–Crippen MR) is 88.1 cm³/mol. The van der Waals surface area contributed by atoms with Gasteiger partial charge in [0, 0.05) is 7.05 Å². The van der Waals surface area contributed by atoms with E-state index in [9.17, 15) is 14.9 Å². The smallest absolute Gasteiger partial charge is 0.287 e. The van der Waals surface area contributed by atoms with Crippen molar-refractivity contribution >= 4 is 17.5 Å². The molecule has 0 radical (unpaired) electrons. The third kappa shape index (κ3) is 3.37. The SMILES string of the molecule is Cc1c([N+](=O)[O-])c(C(=O)Nc2ncn(Cc3ccccc3)n2)nn1C. The summed E-state index contributed by atoms with van der Waals surface area (Å²) < 4.78 is 2.84. The third-order valence-corrected chi connectivity index (χ3v) is 3.65. The molecule has 0 aliphatic rings. The first-order valence-electron chi connectivity index (χ1n) is 7.38. The molecule has 1 amide bonds. The molecule has 10 nitrogen and oxygen atoms in total. The lowest BCUT2D eigenvalue weighted by Gasteiger charge is -2.00. The molecule has 1 N–H and O–H groups in total. The number of aryl methyl sites for hydroxylation is 1. The van der Waals surface area contributed by atoms with Gasteiger partial charge in [-0.25, -0.2) is 9.67 Å². The highest BCUT2D eigenvalue weighted by Crippen LogP contribution is 2.22. The summed E-state index contributed by atoms with van der Waals surface area (Å²) in [6.45, 7) is 2.02. The second kappa shape index (κ2) is 6.51. The van der Waals surface area contributed by atoms with Gasteiger partial charge in [0.25, 0.3) is 5.91 Å². The Morgan fingerprint density at radius 1 is 1.28 bits per heavy atom. The second-order valence-electron chi connectivity index (χ2n) is 5.37. The van der Waals surface area contributed by atoms with E-state index in [-0.39, 0.29) is 23.0 Å². The van der Waals surface area contributed by atoms with E-state index in [4.69, 9.17) is 0 Å². The molecule has 10 heteroatoms. The largest absolute Gasteiger partial charge is 0.322 e. The van der Waals surface area contributed by atoms with Crippen molar-refractivity contribution in [3.05, 3.63) is 63.7 Å². The Labute approximate surface area is 142 Å². The van der Waals surface area contributed by atoms with E-state index in [1.165, 1.54) is 25.0 Å². The second-order valence-corrected chi connectivity index (χ2v) is 5.37. The Bertz CT molecular complexity index is 930. The summed E-state index contributed by atoms with van der Waals surface area (Å²) in [7, 11) is 1.53. The van der Waals surface area contributed by atoms with E-state index < -0.39 is 10.8 Å². The normalized spacial score (nSPS) is 10.6. The minimum Gasteiger partial charge on any atom is -0.287 e. The average Bonchev–Trinajstić information content (AvgIpc) is 3.13. The first-order chi connectivity index (χ1) is 12.0. The number of amides is 1. The molecule has 0 spiro atoms. The van der Waals surface area contributed by atoms with E-state index >= 15 is 0 Å². The summed E-state index contributed by atoms with van der Waals surface area (Å²) in [6.07, 6.45) is 1.47. The van der Waals surface area contributed by atoms with Gasteiger partial charge in [0.1, 0.15) is 12.0 Å². The Balaban J connectivity index is 1.76. The molecule has 0 fully saturated rings. The number of anilines is 1. The van der Waals surface area contributed by atoms with Gasteiger partial charge in [-0.05, 0) is 12.5 Å². The number of aromatic nitrogens is 5. The van der Waals surface area contributed by atoms with Gasteiger partial charge in [0.2, 0.25) is 11.6 Å². The minimum absolute atomic E-state index is 0.0542. The lowest BCUT2D eigenvalue weighted by molar-refractivity contribution is -0.385. The van der Waals surface area contributed by atoms with E-state index in [0.29, 0.717) is 6.54 Å². The minimum atomic E-state index is -0.729. The molecule has 0 aliphatic heterocycles. The molecule has 0 bridgehead atoms. The first-order valence-corrected chi connectivity index (χ1v) is 7.38. The molecule has 0 saturated heterocycles. The maximum absolute atomic E-state index is 12.3. The van der Waals surface area contributed by atoms with E-state index in [0.717, 1.165) is 5.56 Å². The number of nitrogens with zero attached hydrogens (tertiary/aromatic N) is 6.